The number of nitrogen functional groups attached to an aromatic ring is 1. The van der Waals surface area contributed by atoms with E-state index in [0.717, 1.165) is 10.0 Å². The van der Waals surface area contributed by atoms with E-state index in [1.165, 1.54) is 12.1 Å². The highest BCUT2D eigenvalue weighted by molar-refractivity contribution is 9.11. The van der Waals surface area contributed by atoms with Gasteiger partial charge >= 0.3 is 0 Å². The molecule has 2 aromatic rings. The van der Waals surface area contributed by atoms with E-state index in [2.05, 4.69) is 31.9 Å². The first-order valence-corrected chi connectivity index (χ1v) is 7.25. The third-order valence-electron chi connectivity index (χ3n) is 2.43. The molecule has 100 valence electrons. The van der Waals surface area contributed by atoms with Crippen LogP contribution in [-0.4, -0.2) is 0 Å². The van der Waals surface area contributed by atoms with Gasteiger partial charge in [0.2, 0.25) is 0 Å². The highest BCUT2D eigenvalue weighted by Crippen LogP contribution is 2.31. The summed E-state index contributed by atoms with van der Waals surface area (Å²) in [5.41, 5.74) is 7.29. The van der Waals surface area contributed by atoms with E-state index in [1.807, 2.05) is 12.1 Å². The molecule has 19 heavy (non-hydrogen) atoms. The van der Waals surface area contributed by atoms with Crippen molar-refractivity contribution >= 4 is 49.1 Å². The Labute approximate surface area is 132 Å². The average molecular weight is 409 g/mol. The van der Waals surface area contributed by atoms with Crippen molar-refractivity contribution in [1.29, 1.82) is 0 Å². The van der Waals surface area contributed by atoms with Gasteiger partial charge in [-0.15, -0.1) is 0 Å². The summed E-state index contributed by atoms with van der Waals surface area (Å²) in [6, 6.07) is 8.22. The van der Waals surface area contributed by atoms with E-state index in [1.54, 1.807) is 6.07 Å². The number of hydrogen-bond donors (Lipinski definition) is 1. The van der Waals surface area contributed by atoms with E-state index < -0.39 is 5.82 Å². The summed E-state index contributed by atoms with van der Waals surface area (Å²) in [7, 11) is 0. The quantitative estimate of drug-likeness (QED) is 0.561. The fraction of sp³-hybridized carbons (Fsp3) is 0.0769. The molecule has 2 N–H and O–H groups in total. The topological polar surface area (TPSA) is 35.2 Å². The van der Waals surface area contributed by atoms with Crippen molar-refractivity contribution < 1.29 is 9.13 Å². The summed E-state index contributed by atoms with van der Waals surface area (Å²) in [5, 5.41) is 0.0483. The van der Waals surface area contributed by atoms with Gasteiger partial charge in [-0.2, -0.15) is 0 Å². The Morgan fingerprint density at radius 3 is 2.58 bits per heavy atom. The third kappa shape index (κ3) is 3.61. The third-order valence-corrected chi connectivity index (χ3v) is 4.06. The Bertz CT molecular complexity index is 622. The van der Waals surface area contributed by atoms with Crippen molar-refractivity contribution in [2.24, 2.45) is 0 Å². The molecule has 0 radical (unpaired) electrons. The molecule has 2 aromatic carbocycles. The minimum Gasteiger partial charge on any atom is -0.488 e. The molecule has 0 saturated heterocycles. The number of rotatable bonds is 3. The second kappa shape index (κ2) is 6.11. The molecule has 0 aliphatic carbocycles. The minimum atomic E-state index is -0.518. The van der Waals surface area contributed by atoms with Gasteiger partial charge < -0.3 is 10.5 Å². The lowest BCUT2D eigenvalue weighted by Gasteiger charge is -2.10. The molecule has 0 aromatic heterocycles. The maximum absolute atomic E-state index is 13.3. The van der Waals surface area contributed by atoms with Crippen molar-refractivity contribution in [1.82, 2.24) is 0 Å². The maximum atomic E-state index is 13.3. The monoisotopic (exact) mass is 407 g/mol. The maximum Gasteiger partial charge on any atom is 0.145 e. The molecule has 0 amide bonds. The van der Waals surface area contributed by atoms with Crippen LogP contribution in [0.4, 0.5) is 10.1 Å². The lowest BCUT2D eigenvalue weighted by molar-refractivity contribution is 0.302. The number of halogens is 4. The zero-order chi connectivity index (χ0) is 14.0. The molecule has 0 aliphatic heterocycles. The molecule has 0 aliphatic rings. The predicted octanol–water partition coefficient (Wildman–Crippen LogP) is 5.17. The van der Waals surface area contributed by atoms with Crippen molar-refractivity contribution in [2.45, 2.75) is 6.61 Å². The molecule has 0 atom stereocenters. The van der Waals surface area contributed by atoms with Crippen LogP contribution in [0.25, 0.3) is 0 Å². The van der Waals surface area contributed by atoms with Gasteiger partial charge in [-0.05, 0) is 55.6 Å². The van der Waals surface area contributed by atoms with Gasteiger partial charge in [-0.25, -0.2) is 4.39 Å². The molecule has 0 spiro atoms. The Hall–Kier alpha value is -0.780. The average Bonchev–Trinajstić information content (AvgIpc) is 2.36. The number of anilines is 1. The summed E-state index contributed by atoms with van der Waals surface area (Å²) < 4.78 is 20.3. The fourth-order valence-corrected chi connectivity index (χ4v) is 2.46. The first kappa shape index (κ1) is 14.6. The number of ether oxygens (including phenoxy) is 1. The van der Waals surface area contributed by atoms with Crippen LogP contribution in [0.1, 0.15) is 5.56 Å². The number of nitrogens with two attached hydrogens (primary N) is 1. The van der Waals surface area contributed by atoms with Crippen molar-refractivity contribution in [3.63, 3.8) is 0 Å². The molecule has 0 heterocycles. The van der Waals surface area contributed by atoms with Gasteiger partial charge in [-0.3, -0.25) is 0 Å². The van der Waals surface area contributed by atoms with Crippen LogP contribution in [-0.2, 0) is 6.61 Å². The molecule has 0 fully saturated rings. The highest BCUT2D eigenvalue weighted by Gasteiger charge is 2.08. The first-order chi connectivity index (χ1) is 8.97. The minimum absolute atomic E-state index is 0.0483. The van der Waals surface area contributed by atoms with E-state index in [4.69, 9.17) is 22.1 Å². The Balaban J connectivity index is 2.14. The number of hydrogen-bond acceptors (Lipinski definition) is 2. The van der Waals surface area contributed by atoms with Crippen LogP contribution in [0.2, 0.25) is 5.02 Å². The summed E-state index contributed by atoms with van der Waals surface area (Å²) in [6.07, 6.45) is 0. The molecule has 6 heteroatoms. The standard InChI is InChI=1S/C13H9Br2ClFNO/c14-8-2-1-7(3-12(8)18)6-19-13-5-11(17)10(16)4-9(13)15/h1-5H,6,18H2. The van der Waals surface area contributed by atoms with Crippen LogP contribution < -0.4 is 10.5 Å². The van der Waals surface area contributed by atoms with Crippen molar-refractivity contribution in [3.8, 4) is 5.75 Å². The molecule has 0 unspecified atom stereocenters. The van der Waals surface area contributed by atoms with Crippen LogP contribution in [0, 0.1) is 5.82 Å². The van der Waals surface area contributed by atoms with Crippen molar-refractivity contribution in [3.05, 3.63) is 55.7 Å². The first-order valence-electron chi connectivity index (χ1n) is 5.28. The zero-order valence-electron chi connectivity index (χ0n) is 9.59. The second-order valence-electron chi connectivity index (χ2n) is 3.84. The van der Waals surface area contributed by atoms with Crippen molar-refractivity contribution in [2.75, 3.05) is 5.73 Å². The highest BCUT2D eigenvalue weighted by atomic mass is 79.9. The Kier molecular flexibility index (Phi) is 4.71. The van der Waals surface area contributed by atoms with E-state index in [0.29, 0.717) is 15.9 Å². The van der Waals surface area contributed by atoms with Gasteiger partial charge in [-0.1, -0.05) is 17.7 Å². The molecular formula is C13H9Br2ClFNO. The smallest absolute Gasteiger partial charge is 0.145 e. The van der Waals surface area contributed by atoms with Gasteiger partial charge in [0.15, 0.2) is 0 Å². The van der Waals surface area contributed by atoms with Crippen LogP contribution >= 0.6 is 43.5 Å². The Morgan fingerprint density at radius 2 is 1.89 bits per heavy atom. The summed E-state index contributed by atoms with van der Waals surface area (Å²) in [4.78, 5) is 0. The van der Waals surface area contributed by atoms with E-state index in [-0.39, 0.29) is 11.6 Å². The summed E-state index contributed by atoms with van der Waals surface area (Å²) in [6.45, 7) is 0.289. The van der Waals surface area contributed by atoms with E-state index in [9.17, 15) is 4.39 Å². The normalized spacial score (nSPS) is 10.5. The lowest BCUT2D eigenvalue weighted by Crippen LogP contribution is -1.98. The summed E-state index contributed by atoms with van der Waals surface area (Å²) in [5.74, 6) is -0.126. The molecule has 0 saturated carbocycles. The van der Waals surface area contributed by atoms with Crippen LogP contribution in [0.5, 0.6) is 5.75 Å². The molecule has 0 bridgehead atoms. The Morgan fingerprint density at radius 1 is 1.16 bits per heavy atom. The molecule has 2 rings (SSSR count). The lowest BCUT2D eigenvalue weighted by atomic mass is 10.2. The van der Waals surface area contributed by atoms with Gasteiger partial charge in [0.1, 0.15) is 18.2 Å². The number of benzene rings is 2. The van der Waals surface area contributed by atoms with Crippen LogP contribution in [0.3, 0.4) is 0 Å². The van der Waals surface area contributed by atoms with Gasteiger partial charge in [0.25, 0.3) is 0 Å². The molecule has 2 nitrogen and oxygen atoms in total. The van der Waals surface area contributed by atoms with Gasteiger partial charge in [0.05, 0.1) is 9.50 Å². The van der Waals surface area contributed by atoms with E-state index >= 15 is 0 Å². The van der Waals surface area contributed by atoms with Crippen LogP contribution in [0.15, 0.2) is 39.3 Å². The SMILES string of the molecule is Nc1cc(COc2cc(F)c(Cl)cc2Br)ccc1Br. The fourth-order valence-electron chi connectivity index (χ4n) is 1.46. The summed E-state index contributed by atoms with van der Waals surface area (Å²) >= 11 is 12.2. The molecular weight excluding hydrogens is 400 g/mol. The van der Waals surface area contributed by atoms with Gasteiger partial charge in [0, 0.05) is 16.2 Å². The predicted molar refractivity (Wildman–Crippen MR) is 82.0 cm³/mol. The second-order valence-corrected chi connectivity index (χ2v) is 5.96. The largest absolute Gasteiger partial charge is 0.488 e. The zero-order valence-corrected chi connectivity index (χ0v) is 13.5.